The quantitative estimate of drug-likeness (QED) is 0.662. The van der Waals surface area contributed by atoms with Crippen LogP contribution in [0.5, 0.6) is 0 Å². The molecule has 11 heavy (non-hydrogen) atoms. The van der Waals surface area contributed by atoms with E-state index in [4.69, 9.17) is 10.5 Å². The molecule has 0 aromatic heterocycles. The van der Waals surface area contributed by atoms with Crippen LogP contribution < -0.4 is 5.73 Å². The van der Waals surface area contributed by atoms with Crippen LogP contribution >= 0.6 is 0 Å². The van der Waals surface area contributed by atoms with Gasteiger partial charge in [0.05, 0.1) is 6.61 Å². The average molecular weight is 159 g/mol. The maximum absolute atomic E-state index is 5.92. The molecule has 0 aromatic carbocycles. The molecule has 0 radical (unpaired) electrons. The minimum Gasteiger partial charge on any atom is -0.384 e. The van der Waals surface area contributed by atoms with E-state index in [-0.39, 0.29) is 6.04 Å². The first-order valence-electron chi connectivity index (χ1n) is 4.32. The molecule has 0 saturated heterocycles. The van der Waals surface area contributed by atoms with E-state index in [1.807, 2.05) is 0 Å². The van der Waals surface area contributed by atoms with E-state index in [1.54, 1.807) is 7.11 Å². The first-order chi connectivity index (χ1) is 5.07. The van der Waals surface area contributed by atoms with E-state index < -0.39 is 0 Å². The lowest BCUT2D eigenvalue weighted by Crippen LogP contribution is -2.32. The molecule has 0 aromatic rings. The fourth-order valence-electron chi connectivity index (χ4n) is 1.16. The summed E-state index contributed by atoms with van der Waals surface area (Å²) in [4.78, 5) is 0. The van der Waals surface area contributed by atoms with Crippen LogP contribution in [0.1, 0.15) is 27.2 Å². The van der Waals surface area contributed by atoms with E-state index in [0.29, 0.717) is 11.8 Å². The summed E-state index contributed by atoms with van der Waals surface area (Å²) in [7, 11) is 1.72. The van der Waals surface area contributed by atoms with Gasteiger partial charge in [-0.25, -0.2) is 0 Å². The second-order valence-corrected chi connectivity index (χ2v) is 3.73. The van der Waals surface area contributed by atoms with E-state index in [9.17, 15) is 0 Å². The highest BCUT2D eigenvalue weighted by Gasteiger charge is 2.13. The molecule has 2 nitrogen and oxygen atoms in total. The Kier molecular flexibility index (Phi) is 5.51. The standard InChI is InChI=1S/C9H21NO/c1-7(2)5-9(10)8(3)6-11-4/h7-9H,5-6,10H2,1-4H3. The van der Waals surface area contributed by atoms with Crippen molar-refractivity contribution in [2.24, 2.45) is 17.6 Å². The third kappa shape index (κ3) is 5.22. The maximum atomic E-state index is 5.92. The third-order valence-corrected chi connectivity index (χ3v) is 1.90. The topological polar surface area (TPSA) is 35.2 Å². The number of hydrogen-bond acceptors (Lipinski definition) is 2. The van der Waals surface area contributed by atoms with Crippen molar-refractivity contribution in [3.8, 4) is 0 Å². The Morgan fingerprint density at radius 2 is 1.82 bits per heavy atom. The van der Waals surface area contributed by atoms with Gasteiger partial charge in [-0.05, 0) is 18.3 Å². The van der Waals surface area contributed by atoms with E-state index in [2.05, 4.69) is 20.8 Å². The van der Waals surface area contributed by atoms with E-state index >= 15 is 0 Å². The predicted molar refractivity (Wildman–Crippen MR) is 48.5 cm³/mol. The number of rotatable bonds is 5. The molecule has 0 aliphatic rings. The van der Waals surface area contributed by atoms with Gasteiger partial charge in [-0.3, -0.25) is 0 Å². The van der Waals surface area contributed by atoms with Crippen molar-refractivity contribution < 1.29 is 4.74 Å². The van der Waals surface area contributed by atoms with Crippen LogP contribution in [0.4, 0.5) is 0 Å². The zero-order valence-electron chi connectivity index (χ0n) is 8.13. The molecular formula is C9H21NO. The molecule has 0 fully saturated rings. The van der Waals surface area contributed by atoms with Crippen LogP contribution in [-0.4, -0.2) is 19.8 Å². The van der Waals surface area contributed by atoms with Gasteiger partial charge in [0.1, 0.15) is 0 Å². The summed E-state index contributed by atoms with van der Waals surface area (Å²) in [5.74, 6) is 1.16. The number of nitrogens with two attached hydrogens (primary N) is 1. The minimum absolute atomic E-state index is 0.287. The molecule has 2 unspecified atom stereocenters. The molecule has 0 rings (SSSR count). The van der Waals surface area contributed by atoms with Gasteiger partial charge in [0.2, 0.25) is 0 Å². The van der Waals surface area contributed by atoms with Crippen LogP contribution in [0.25, 0.3) is 0 Å². The molecule has 0 bridgehead atoms. The van der Waals surface area contributed by atoms with Crippen molar-refractivity contribution >= 4 is 0 Å². The second-order valence-electron chi connectivity index (χ2n) is 3.73. The molecule has 0 heterocycles. The Labute approximate surface area is 70.1 Å². The Bertz CT molecular complexity index is 93.6. The molecule has 2 N–H and O–H groups in total. The molecule has 0 aliphatic heterocycles. The van der Waals surface area contributed by atoms with Crippen molar-refractivity contribution in [2.75, 3.05) is 13.7 Å². The lowest BCUT2D eigenvalue weighted by atomic mass is 9.95. The molecule has 0 aliphatic carbocycles. The minimum atomic E-state index is 0.287. The Morgan fingerprint density at radius 3 is 2.18 bits per heavy atom. The van der Waals surface area contributed by atoms with Crippen molar-refractivity contribution in [2.45, 2.75) is 33.2 Å². The van der Waals surface area contributed by atoms with E-state index in [0.717, 1.165) is 13.0 Å². The summed E-state index contributed by atoms with van der Waals surface area (Å²) in [5.41, 5.74) is 5.92. The Morgan fingerprint density at radius 1 is 1.27 bits per heavy atom. The van der Waals surface area contributed by atoms with Crippen molar-refractivity contribution in [1.29, 1.82) is 0 Å². The Balaban J connectivity index is 3.54. The largest absolute Gasteiger partial charge is 0.384 e. The van der Waals surface area contributed by atoms with Gasteiger partial charge in [-0.1, -0.05) is 20.8 Å². The molecular weight excluding hydrogens is 138 g/mol. The van der Waals surface area contributed by atoms with Crippen LogP contribution in [0, 0.1) is 11.8 Å². The van der Waals surface area contributed by atoms with Crippen LogP contribution in [0.2, 0.25) is 0 Å². The molecule has 0 spiro atoms. The molecule has 2 atom stereocenters. The number of hydrogen-bond donors (Lipinski definition) is 1. The zero-order valence-corrected chi connectivity index (χ0v) is 8.13. The first-order valence-corrected chi connectivity index (χ1v) is 4.32. The highest BCUT2D eigenvalue weighted by molar-refractivity contribution is 4.69. The highest BCUT2D eigenvalue weighted by Crippen LogP contribution is 2.10. The van der Waals surface area contributed by atoms with Gasteiger partial charge in [0.25, 0.3) is 0 Å². The van der Waals surface area contributed by atoms with Gasteiger partial charge in [0, 0.05) is 13.2 Å². The maximum Gasteiger partial charge on any atom is 0.0502 e. The molecule has 0 saturated carbocycles. The van der Waals surface area contributed by atoms with Gasteiger partial charge in [-0.15, -0.1) is 0 Å². The lowest BCUT2D eigenvalue weighted by molar-refractivity contribution is 0.142. The highest BCUT2D eigenvalue weighted by atomic mass is 16.5. The fraction of sp³-hybridized carbons (Fsp3) is 1.00. The predicted octanol–water partition coefficient (Wildman–Crippen LogP) is 1.64. The van der Waals surface area contributed by atoms with Gasteiger partial charge < -0.3 is 10.5 Å². The fourth-order valence-corrected chi connectivity index (χ4v) is 1.16. The van der Waals surface area contributed by atoms with Gasteiger partial charge in [-0.2, -0.15) is 0 Å². The van der Waals surface area contributed by atoms with E-state index in [1.165, 1.54) is 0 Å². The SMILES string of the molecule is COCC(C)C(N)CC(C)C. The molecule has 2 heteroatoms. The van der Waals surface area contributed by atoms with Gasteiger partial charge in [0.15, 0.2) is 0 Å². The van der Waals surface area contributed by atoms with Gasteiger partial charge >= 0.3 is 0 Å². The van der Waals surface area contributed by atoms with Crippen LogP contribution in [-0.2, 0) is 4.74 Å². The monoisotopic (exact) mass is 159 g/mol. The third-order valence-electron chi connectivity index (χ3n) is 1.90. The summed E-state index contributed by atoms with van der Waals surface area (Å²) in [5, 5.41) is 0. The summed E-state index contributed by atoms with van der Waals surface area (Å²) in [6.45, 7) is 7.29. The Hall–Kier alpha value is -0.0800. The number of ether oxygens (including phenoxy) is 1. The van der Waals surface area contributed by atoms with Crippen molar-refractivity contribution in [3.05, 3.63) is 0 Å². The van der Waals surface area contributed by atoms with Crippen LogP contribution in [0.3, 0.4) is 0 Å². The summed E-state index contributed by atoms with van der Waals surface area (Å²) in [6.07, 6.45) is 1.09. The average Bonchev–Trinajstić information content (AvgIpc) is 1.86. The first kappa shape index (κ1) is 10.9. The molecule has 68 valence electrons. The van der Waals surface area contributed by atoms with Crippen molar-refractivity contribution in [3.63, 3.8) is 0 Å². The summed E-state index contributed by atoms with van der Waals surface area (Å²) < 4.78 is 5.03. The summed E-state index contributed by atoms with van der Waals surface area (Å²) in [6, 6.07) is 0.287. The smallest absolute Gasteiger partial charge is 0.0502 e. The van der Waals surface area contributed by atoms with Crippen LogP contribution in [0.15, 0.2) is 0 Å². The lowest BCUT2D eigenvalue weighted by Gasteiger charge is -2.20. The normalized spacial score (nSPS) is 16.9. The second kappa shape index (κ2) is 5.56. The number of methoxy groups -OCH3 is 1. The zero-order chi connectivity index (χ0) is 8.85. The molecule has 0 amide bonds. The summed E-state index contributed by atoms with van der Waals surface area (Å²) >= 11 is 0. The van der Waals surface area contributed by atoms with Crippen molar-refractivity contribution in [1.82, 2.24) is 0 Å².